The lowest BCUT2D eigenvalue weighted by Crippen LogP contribution is -2.10. The number of benzene rings is 1. The molecular weight excluding hydrogens is 396 g/mol. The summed E-state index contributed by atoms with van der Waals surface area (Å²) in [5, 5.41) is 4.30. The molecule has 0 atom stereocenters. The monoisotopic (exact) mass is 412 g/mol. The van der Waals surface area contributed by atoms with Crippen molar-refractivity contribution in [3.8, 4) is 17.1 Å². The first kappa shape index (κ1) is 18.8. The normalized spacial score (nSPS) is 11.0. The third kappa shape index (κ3) is 3.49. The quantitative estimate of drug-likeness (QED) is 0.497. The fourth-order valence-electron chi connectivity index (χ4n) is 2.89. The fraction of sp³-hybridized carbons (Fsp3) is 0.211. The Morgan fingerprint density at radius 1 is 1.24 bits per heavy atom. The average Bonchev–Trinajstić information content (AvgIpc) is 3.30. The number of hydrogen-bond acceptors (Lipinski definition) is 9. The van der Waals surface area contributed by atoms with Crippen LogP contribution in [0, 0.1) is 13.8 Å². The van der Waals surface area contributed by atoms with Crippen LogP contribution in [-0.4, -0.2) is 33.2 Å². The molecule has 0 amide bonds. The fourth-order valence-corrected chi connectivity index (χ4v) is 4.01. The molecule has 1 N–H and O–H groups in total. The summed E-state index contributed by atoms with van der Waals surface area (Å²) in [5.41, 5.74) is 0.917. The number of carbonyl (C=O) groups excluding carboxylic acids is 1. The van der Waals surface area contributed by atoms with Crippen molar-refractivity contribution in [1.82, 2.24) is 20.1 Å². The van der Waals surface area contributed by atoms with Crippen LogP contribution in [0.25, 0.3) is 21.6 Å². The molecule has 4 rings (SSSR count). The molecule has 0 aliphatic rings. The lowest BCUT2D eigenvalue weighted by molar-refractivity contribution is 0.0435. The van der Waals surface area contributed by atoms with Crippen LogP contribution in [0.3, 0.4) is 0 Å². The minimum Gasteiger partial charge on any atom is -0.496 e. The first-order chi connectivity index (χ1) is 14.0. The van der Waals surface area contributed by atoms with Crippen LogP contribution in [0.15, 0.2) is 33.6 Å². The molecule has 0 saturated heterocycles. The molecule has 9 nitrogen and oxygen atoms in total. The minimum absolute atomic E-state index is 0.143. The van der Waals surface area contributed by atoms with E-state index in [1.807, 2.05) is 12.1 Å². The molecule has 29 heavy (non-hydrogen) atoms. The van der Waals surface area contributed by atoms with E-state index in [1.165, 1.54) is 0 Å². The van der Waals surface area contributed by atoms with E-state index >= 15 is 0 Å². The summed E-state index contributed by atoms with van der Waals surface area (Å²) in [7, 11) is 1.55. The number of aromatic amines is 1. The van der Waals surface area contributed by atoms with Crippen LogP contribution >= 0.6 is 11.3 Å². The molecule has 0 radical (unpaired) electrons. The van der Waals surface area contributed by atoms with Crippen molar-refractivity contribution in [1.29, 1.82) is 0 Å². The van der Waals surface area contributed by atoms with Crippen molar-refractivity contribution >= 4 is 27.5 Å². The van der Waals surface area contributed by atoms with Gasteiger partial charge in [-0.1, -0.05) is 17.3 Å². The number of fused-ring (bicyclic) bond motifs is 1. The van der Waals surface area contributed by atoms with E-state index in [0.29, 0.717) is 43.6 Å². The Kier molecular flexibility index (Phi) is 4.85. The molecule has 1 aromatic carbocycles. The summed E-state index contributed by atoms with van der Waals surface area (Å²) in [5.74, 6) is 0.978. The van der Waals surface area contributed by atoms with E-state index in [2.05, 4.69) is 20.1 Å². The highest BCUT2D eigenvalue weighted by Crippen LogP contribution is 2.29. The first-order valence-electron chi connectivity index (χ1n) is 8.61. The zero-order valence-corrected chi connectivity index (χ0v) is 16.6. The predicted molar refractivity (Wildman–Crippen MR) is 105 cm³/mol. The Hall–Kier alpha value is -3.53. The maximum atomic E-state index is 12.5. The number of aryl methyl sites for hydroxylation is 2. The highest BCUT2D eigenvalue weighted by Gasteiger charge is 2.21. The van der Waals surface area contributed by atoms with Crippen LogP contribution in [0.4, 0.5) is 0 Å². The van der Waals surface area contributed by atoms with Gasteiger partial charge in [-0.3, -0.25) is 4.79 Å². The minimum atomic E-state index is -0.584. The van der Waals surface area contributed by atoms with Gasteiger partial charge in [0, 0.05) is 0 Å². The Balaban J connectivity index is 1.53. The van der Waals surface area contributed by atoms with Crippen LogP contribution in [0.5, 0.6) is 5.75 Å². The lowest BCUT2D eigenvalue weighted by Gasteiger charge is -2.03. The molecule has 0 aliphatic carbocycles. The summed E-state index contributed by atoms with van der Waals surface area (Å²) >= 11 is 1.11. The maximum absolute atomic E-state index is 12.5. The van der Waals surface area contributed by atoms with Gasteiger partial charge >= 0.3 is 5.97 Å². The summed E-state index contributed by atoms with van der Waals surface area (Å²) in [6.07, 6.45) is 0. The van der Waals surface area contributed by atoms with Crippen molar-refractivity contribution in [2.75, 3.05) is 7.11 Å². The third-order valence-corrected chi connectivity index (χ3v) is 5.41. The molecule has 3 aromatic heterocycles. The number of hydrogen-bond donors (Lipinski definition) is 1. The van der Waals surface area contributed by atoms with Crippen molar-refractivity contribution < 1.29 is 18.8 Å². The number of ether oxygens (including phenoxy) is 2. The van der Waals surface area contributed by atoms with Gasteiger partial charge < -0.3 is 19.0 Å². The highest BCUT2D eigenvalue weighted by molar-refractivity contribution is 7.20. The topological polar surface area (TPSA) is 120 Å². The molecule has 148 valence electrons. The van der Waals surface area contributed by atoms with Gasteiger partial charge in [-0.15, -0.1) is 11.3 Å². The Morgan fingerprint density at radius 2 is 2.03 bits per heavy atom. The van der Waals surface area contributed by atoms with E-state index in [1.54, 1.807) is 33.1 Å². The number of esters is 1. The second-order valence-corrected chi connectivity index (χ2v) is 7.17. The largest absolute Gasteiger partial charge is 0.496 e. The zero-order chi connectivity index (χ0) is 20.5. The molecule has 0 bridgehead atoms. The average molecular weight is 412 g/mol. The molecular formula is C19H16N4O5S. The van der Waals surface area contributed by atoms with Gasteiger partial charge in [0.25, 0.3) is 11.4 Å². The van der Waals surface area contributed by atoms with Gasteiger partial charge in [0.1, 0.15) is 21.3 Å². The van der Waals surface area contributed by atoms with Crippen LogP contribution in [-0.2, 0) is 11.3 Å². The number of H-pyrrole nitrogens is 1. The van der Waals surface area contributed by atoms with Gasteiger partial charge in [-0.05, 0) is 31.5 Å². The van der Waals surface area contributed by atoms with Gasteiger partial charge in [0.05, 0.1) is 18.1 Å². The number of aromatic nitrogens is 4. The summed E-state index contributed by atoms with van der Waals surface area (Å²) in [4.78, 5) is 36.6. The third-order valence-electron chi connectivity index (χ3n) is 4.25. The number of rotatable bonds is 5. The van der Waals surface area contributed by atoms with Gasteiger partial charge in [0.15, 0.2) is 6.61 Å². The second-order valence-electron chi connectivity index (χ2n) is 6.18. The lowest BCUT2D eigenvalue weighted by atomic mass is 10.2. The van der Waals surface area contributed by atoms with Crippen molar-refractivity contribution in [3.63, 3.8) is 0 Å². The van der Waals surface area contributed by atoms with Gasteiger partial charge in [0.2, 0.25) is 5.82 Å². The molecule has 0 spiro atoms. The van der Waals surface area contributed by atoms with Crippen LogP contribution in [0.1, 0.15) is 27.0 Å². The molecule has 10 heteroatoms. The summed E-state index contributed by atoms with van der Waals surface area (Å²) in [6.45, 7) is 3.18. The predicted octanol–water partition coefficient (Wildman–Crippen LogP) is 3.02. The van der Waals surface area contributed by atoms with Crippen molar-refractivity contribution in [2.24, 2.45) is 0 Å². The number of thiophene rings is 1. The zero-order valence-electron chi connectivity index (χ0n) is 15.8. The highest BCUT2D eigenvalue weighted by atomic mass is 32.1. The number of nitrogens with one attached hydrogen (secondary N) is 1. The first-order valence-corrected chi connectivity index (χ1v) is 9.42. The van der Waals surface area contributed by atoms with E-state index < -0.39 is 5.97 Å². The van der Waals surface area contributed by atoms with Crippen LogP contribution < -0.4 is 10.3 Å². The summed E-state index contributed by atoms with van der Waals surface area (Å²) < 4.78 is 15.8. The second kappa shape index (κ2) is 7.47. The number of nitrogens with zero attached hydrogens (tertiary/aromatic N) is 3. The van der Waals surface area contributed by atoms with Crippen LogP contribution in [0.2, 0.25) is 0 Å². The number of carbonyl (C=O) groups is 1. The number of methoxy groups -OCH3 is 1. The molecule has 0 aliphatic heterocycles. The van der Waals surface area contributed by atoms with Gasteiger partial charge in [-0.25, -0.2) is 9.78 Å². The Labute approximate surface area is 168 Å². The standard InChI is InChI=1S/C19H16N4O5S/c1-9-14-17(24)20-10(2)21-18(14)29-15(9)19(25)27-8-13-22-16(23-28-13)11-6-4-5-7-12(11)26-3/h4-7H,8H2,1-3H3,(H,20,21,24). The maximum Gasteiger partial charge on any atom is 0.349 e. The Bertz CT molecular complexity index is 1270. The number of para-hydroxylation sites is 1. The Morgan fingerprint density at radius 3 is 2.83 bits per heavy atom. The molecule has 0 saturated carbocycles. The van der Waals surface area contributed by atoms with E-state index in [4.69, 9.17) is 14.0 Å². The van der Waals surface area contributed by atoms with Crippen molar-refractivity contribution in [2.45, 2.75) is 20.5 Å². The SMILES string of the molecule is COc1ccccc1-c1noc(COC(=O)c2sc3nc(C)[nH]c(=O)c3c2C)n1. The molecule has 0 unspecified atom stereocenters. The molecule has 4 aromatic rings. The van der Waals surface area contributed by atoms with E-state index in [9.17, 15) is 9.59 Å². The van der Waals surface area contributed by atoms with Gasteiger partial charge in [-0.2, -0.15) is 4.98 Å². The molecule has 3 heterocycles. The van der Waals surface area contributed by atoms with E-state index in [-0.39, 0.29) is 18.1 Å². The van der Waals surface area contributed by atoms with Crippen molar-refractivity contribution in [3.05, 3.63) is 56.8 Å². The summed E-state index contributed by atoms with van der Waals surface area (Å²) in [6, 6.07) is 7.25. The van der Waals surface area contributed by atoms with E-state index in [0.717, 1.165) is 11.3 Å². The smallest absolute Gasteiger partial charge is 0.349 e. The molecule has 0 fully saturated rings.